The first-order valence-corrected chi connectivity index (χ1v) is 12.4. The van der Waals surface area contributed by atoms with Gasteiger partial charge in [0, 0.05) is 12.8 Å². The van der Waals surface area contributed by atoms with Gasteiger partial charge in [0.05, 0.1) is 0 Å². The Labute approximate surface area is 159 Å². The van der Waals surface area contributed by atoms with Gasteiger partial charge in [0.15, 0.2) is 10.9 Å². The van der Waals surface area contributed by atoms with Crippen LogP contribution in [0.2, 0.25) is 0 Å². The van der Waals surface area contributed by atoms with Crippen LogP contribution < -0.4 is 0 Å². The Morgan fingerprint density at radius 3 is 0.926 bits per heavy atom. The number of rotatable bonds is 16. The first-order chi connectivity index (χ1) is 12.6. The van der Waals surface area contributed by atoms with E-state index in [1.54, 1.807) is 0 Å². The van der Waals surface area contributed by atoms with Gasteiger partial charge in [-0.25, -0.2) is 0 Å². The van der Waals surface area contributed by atoms with Crippen molar-refractivity contribution in [3.05, 3.63) is 0 Å². The first kappa shape index (κ1) is 26.2. The van der Waals surface area contributed by atoms with Gasteiger partial charge in [0.25, 0.3) is 0 Å². The van der Waals surface area contributed by atoms with Crippen LogP contribution in [0, 0.1) is 0 Å². The molecule has 0 atom stereocenters. The lowest BCUT2D eigenvalue weighted by Crippen LogP contribution is -1.99. The lowest BCUT2D eigenvalue weighted by molar-refractivity contribution is 0.314. The van der Waals surface area contributed by atoms with Gasteiger partial charge in [-0.3, -0.25) is 9.13 Å². The first-order valence-electron chi connectivity index (χ1n) is 9.17. The normalized spacial score (nSPS) is 13.9. The monoisotopic (exact) mass is 430 g/mol. The fraction of sp³-hybridized carbons (Fsp3) is 0.867. The second-order valence-corrected chi connectivity index (χ2v) is 9.72. The Balaban J connectivity index is 3.49. The van der Waals surface area contributed by atoms with E-state index in [2.05, 4.69) is 10.3 Å². The predicted molar refractivity (Wildman–Crippen MR) is 103 cm³/mol. The zero-order valence-corrected chi connectivity index (χ0v) is 17.3. The molecule has 0 rings (SSSR count). The summed E-state index contributed by atoms with van der Waals surface area (Å²) < 4.78 is 21.9. The summed E-state index contributed by atoms with van der Waals surface area (Å²) in [5.41, 5.74) is -0.915. The summed E-state index contributed by atoms with van der Waals surface area (Å²) in [5, 5.41) is 22.5. The Morgan fingerprint density at radius 1 is 0.519 bits per heavy atom. The molecule has 0 aliphatic carbocycles. The Kier molecular flexibility index (Phi) is 13.9. The summed E-state index contributed by atoms with van der Waals surface area (Å²) in [7, 11) is -8.86. The molecule has 6 N–H and O–H groups in total. The molecule has 0 fully saturated rings. The molecule has 0 amide bonds. The summed E-state index contributed by atoms with van der Waals surface area (Å²) in [6.07, 6.45) is 10.3. The average molecular weight is 430 g/mol. The summed E-state index contributed by atoms with van der Waals surface area (Å²) in [6, 6.07) is 0. The average Bonchev–Trinajstić information content (AvgIpc) is 2.56. The molecule has 0 spiro atoms. The standard InChI is InChI=1S/C15H32N2O8P2/c18-16-14(26(20,21)22)12-10-8-6-4-2-1-3-5-7-9-11-13-15(17-19)27(23,24)25/h18-19H,1-13H2,(H2,20,21,22)(H2,23,24,25)/b16-14-,17-15+. The van der Waals surface area contributed by atoms with Crippen molar-refractivity contribution < 1.29 is 39.1 Å². The minimum Gasteiger partial charge on any atom is -0.410 e. The van der Waals surface area contributed by atoms with E-state index in [9.17, 15) is 9.13 Å². The van der Waals surface area contributed by atoms with Gasteiger partial charge in [0.2, 0.25) is 0 Å². The fourth-order valence-electron chi connectivity index (χ4n) is 2.67. The van der Waals surface area contributed by atoms with Crippen molar-refractivity contribution in [2.24, 2.45) is 10.3 Å². The third kappa shape index (κ3) is 14.0. The second-order valence-electron chi connectivity index (χ2n) is 6.51. The van der Waals surface area contributed by atoms with Gasteiger partial charge in [0.1, 0.15) is 0 Å². The van der Waals surface area contributed by atoms with E-state index in [-0.39, 0.29) is 12.8 Å². The third-order valence-corrected chi connectivity index (χ3v) is 6.18. The number of oxime groups is 2. The highest BCUT2D eigenvalue weighted by Crippen LogP contribution is 2.39. The molecule has 12 heteroatoms. The van der Waals surface area contributed by atoms with Crippen molar-refractivity contribution in [2.45, 2.75) is 83.5 Å². The highest BCUT2D eigenvalue weighted by atomic mass is 31.2. The molecule has 0 bridgehead atoms. The maximum Gasteiger partial charge on any atom is 0.373 e. The predicted octanol–water partition coefficient (Wildman–Crippen LogP) is 3.99. The van der Waals surface area contributed by atoms with Crippen LogP contribution in [-0.2, 0) is 9.13 Å². The lowest BCUT2D eigenvalue weighted by Gasteiger charge is -2.06. The number of hydrogen-bond donors (Lipinski definition) is 6. The summed E-state index contributed by atoms with van der Waals surface area (Å²) >= 11 is 0. The largest absolute Gasteiger partial charge is 0.410 e. The quantitative estimate of drug-likeness (QED) is 0.0699. The van der Waals surface area contributed by atoms with Crippen molar-refractivity contribution in [1.29, 1.82) is 0 Å². The van der Waals surface area contributed by atoms with Gasteiger partial charge in [-0.15, -0.1) is 0 Å². The van der Waals surface area contributed by atoms with Crippen molar-refractivity contribution in [3.63, 3.8) is 0 Å². The molecular weight excluding hydrogens is 398 g/mol. The molecule has 0 heterocycles. The van der Waals surface area contributed by atoms with Crippen molar-refractivity contribution in [3.8, 4) is 0 Å². The van der Waals surface area contributed by atoms with Gasteiger partial charge >= 0.3 is 15.2 Å². The molecule has 160 valence electrons. The number of hydrogen-bond acceptors (Lipinski definition) is 6. The van der Waals surface area contributed by atoms with Crippen LogP contribution in [0.25, 0.3) is 0 Å². The molecule has 27 heavy (non-hydrogen) atoms. The zero-order valence-electron chi connectivity index (χ0n) is 15.5. The Bertz CT molecular complexity index is 508. The van der Waals surface area contributed by atoms with Crippen LogP contribution in [0.4, 0.5) is 0 Å². The zero-order chi connectivity index (χ0) is 20.8. The molecule has 0 radical (unpaired) electrons. The van der Waals surface area contributed by atoms with Gasteiger partial charge in [-0.1, -0.05) is 68.1 Å². The number of unbranched alkanes of at least 4 members (excludes halogenated alkanes) is 10. The Morgan fingerprint density at radius 2 is 0.741 bits per heavy atom. The van der Waals surface area contributed by atoms with E-state index < -0.39 is 26.1 Å². The van der Waals surface area contributed by atoms with Crippen LogP contribution >= 0.6 is 15.2 Å². The van der Waals surface area contributed by atoms with Crippen LogP contribution in [0.15, 0.2) is 10.3 Å². The van der Waals surface area contributed by atoms with Crippen LogP contribution in [0.5, 0.6) is 0 Å². The van der Waals surface area contributed by atoms with E-state index in [1.165, 1.54) is 0 Å². The minimum atomic E-state index is -4.43. The molecule has 0 aliphatic heterocycles. The molecule has 0 saturated heterocycles. The van der Waals surface area contributed by atoms with Gasteiger partial charge < -0.3 is 30.0 Å². The summed E-state index contributed by atoms with van der Waals surface area (Å²) in [4.78, 5) is 35.6. The second kappa shape index (κ2) is 14.3. The number of nitrogens with zero attached hydrogens (tertiary/aromatic N) is 2. The van der Waals surface area contributed by atoms with Gasteiger partial charge in [-0.2, -0.15) is 0 Å². The smallest absolute Gasteiger partial charge is 0.373 e. The highest BCUT2D eigenvalue weighted by molar-refractivity contribution is 7.70. The SMILES string of the molecule is O=P(O)(O)/C(CCCCCCCCCCCCC/C(=N\O)P(=O)(O)O)=N\O. The topological polar surface area (TPSA) is 180 Å². The molecule has 0 aliphatic rings. The van der Waals surface area contributed by atoms with Crippen molar-refractivity contribution in [2.75, 3.05) is 0 Å². The maximum atomic E-state index is 10.9. The van der Waals surface area contributed by atoms with Crippen molar-refractivity contribution in [1.82, 2.24) is 0 Å². The highest BCUT2D eigenvalue weighted by Gasteiger charge is 2.23. The molecule has 0 aromatic heterocycles. The van der Waals surface area contributed by atoms with Crippen LogP contribution in [-0.4, -0.2) is 40.9 Å². The van der Waals surface area contributed by atoms with Crippen LogP contribution in [0.1, 0.15) is 83.5 Å². The van der Waals surface area contributed by atoms with E-state index in [4.69, 9.17) is 30.0 Å². The van der Waals surface area contributed by atoms with E-state index in [0.29, 0.717) is 12.8 Å². The van der Waals surface area contributed by atoms with Crippen molar-refractivity contribution >= 4 is 26.1 Å². The maximum absolute atomic E-state index is 10.9. The molecule has 0 aromatic rings. The van der Waals surface area contributed by atoms with Gasteiger partial charge in [-0.05, 0) is 12.8 Å². The molecule has 0 saturated carbocycles. The van der Waals surface area contributed by atoms with E-state index >= 15 is 0 Å². The van der Waals surface area contributed by atoms with Crippen LogP contribution in [0.3, 0.4) is 0 Å². The Hall–Kier alpha value is -0.760. The molecule has 10 nitrogen and oxygen atoms in total. The minimum absolute atomic E-state index is 0.103. The molecule has 0 aromatic carbocycles. The summed E-state index contributed by atoms with van der Waals surface area (Å²) in [6.45, 7) is 0. The van der Waals surface area contributed by atoms with E-state index in [1.807, 2.05) is 0 Å². The third-order valence-electron chi connectivity index (χ3n) is 4.20. The fourth-order valence-corrected chi connectivity index (χ4v) is 3.80. The lowest BCUT2D eigenvalue weighted by atomic mass is 10.0. The molecule has 0 unspecified atom stereocenters. The molecular formula is C15H32N2O8P2. The van der Waals surface area contributed by atoms with E-state index in [0.717, 1.165) is 57.8 Å². The summed E-state index contributed by atoms with van der Waals surface area (Å²) in [5.74, 6) is 0.